The number of nitrogens with one attached hydrogen (secondary N) is 1. The zero-order chi connectivity index (χ0) is 26.7. The van der Waals surface area contributed by atoms with Gasteiger partial charge in [-0.3, -0.25) is 14.4 Å². The van der Waals surface area contributed by atoms with E-state index in [-0.39, 0.29) is 46.3 Å². The van der Waals surface area contributed by atoms with Crippen molar-refractivity contribution in [2.75, 3.05) is 6.54 Å². The molecule has 4 rings (SSSR count). The molecule has 4 aliphatic rings. The summed E-state index contributed by atoms with van der Waals surface area (Å²) in [6.45, 7) is 4.94. The van der Waals surface area contributed by atoms with Crippen LogP contribution >= 0.6 is 0 Å². The molecule has 4 saturated carbocycles. The lowest BCUT2D eigenvalue weighted by Crippen LogP contribution is -2.58. The largest absolute Gasteiger partial charge is 0.478 e. The molecule has 4 fully saturated rings. The van der Waals surface area contributed by atoms with Gasteiger partial charge in [-0.15, -0.1) is 0 Å². The predicted octanol–water partition coefficient (Wildman–Crippen LogP) is 2.71. The number of nitrogens with two attached hydrogens (primary N) is 1. The minimum atomic E-state index is -1.26. The Bertz CT molecular complexity index is 915. The molecule has 0 spiro atoms. The molecule has 4 aliphatic carbocycles. The van der Waals surface area contributed by atoms with Crippen molar-refractivity contribution in [2.45, 2.75) is 84.1 Å². The van der Waals surface area contributed by atoms with Crippen LogP contribution in [0.1, 0.15) is 78.1 Å². The van der Waals surface area contributed by atoms with Gasteiger partial charge in [0.2, 0.25) is 5.91 Å². The minimum absolute atomic E-state index is 0.00138. The van der Waals surface area contributed by atoms with Crippen LogP contribution in [0, 0.1) is 34.5 Å². The highest BCUT2D eigenvalue weighted by Crippen LogP contribution is 2.64. The standard InChI is InChI=1S/C23H36N2O3.C4H4O4/c1-22-9-4-3-6-16(22)18(26)12-14-15(22)8-10-23(2)19(27)13-17(21(14)23)25-20(28)7-5-11-24;5-3(6)1-2-4(7)8/h14-17,21H,3-13,24H2,1-2H3,(H,25,28);1-2H,(H,5,6)(H,7,8)/t14-,15+,16-,17?,21-,22-,23-;/m1./s1. The summed E-state index contributed by atoms with van der Waals surface area (Å²) in [5, 5.41) is 18.8. The fourth-order valence-corrected chi connectivity index (χ4v) is 7.80. The van der Waals surface area contributed by atoms with Crippen molar-refractivity contribution in [3.63, 3.8) is 0 Å². The second-order valence-corrected chi connectivity index (χ2v) is 11.4. The van der Waals surface area contributed by atoms with E-state index < -0.39 is 11.9 Å². The molecule has 7 atom stereocenters. The molecule has 9 heteroatoms. The molecule has 0 radical (unpaired) electrons. The summed E-state index contributed by atoms with van der Waals surface area (Å²) in [7, 11) is 0. The van der Waals surface area contributed by atoms with E-state index in [0.717, 1.165) is 25.7 Å². The molecule has 5 N–H and O–H groups in total. The first kappa shape index (κ1) is 28.0. The number of carboxylic acids is 2. The number of ketones is 2. The average molecular weight is 505 g/mol. The SMILES string of the molecule is C[C@]12CCCC[C@@H]1C(=O)C[C@@H]1[C@@H]2CC[C@]2(C)C(=O)CC(NC(=O)CCCN)[C@@H]12.O=C(O)C=CC(=O)O. The maximum absolute atomic E-state index is 13.1. The number of hydrogen-bond donors (Lipinski definition) is 4. The number of aliphatic carboxylic acids is 2. The Hall–Kier alpha value is -2.55. The van der Waals surface area contributed by atoms with E-state index in [1.165, 1.54) is 12.8 Å². The molecule has 1 unspecified atom stereocenters. The van der Waals surface area contributed by atoms with E-state index in [0.29, 0.717) is 56.1 Å². The second kappa shape index (κ2) is 11.2. The Labute approximate surface area is 212 Å². The van der Waals surface area contributed by atoms with Crippen LogP contribution in [0.2, 0.25) is 0 Å². The summed E-state index contributed by atoms with van der Waals surface area (Å²) in [6, 6.07) is -0.118. The number of Topliss-reactive ketones (excluding diaryl/α,β-unsaturated/α-hetero) is 2. The van der Waals surface area contributed by atoms with E-state index in [1.807, 2.05) is 0 Å². The normalized spacial score (nSPS) is 37.2. The maximum Gasteiger partial charge on any atom is 0.328 e. The highest BCUT2D eigenvalue weighted by molar-refractivity contribution is 5.90. The van der Waals surface area contributed by atoms with Gasteiger partial charge in [0.1, 0.15) is 11.6 Å². The Kier molecular flexibility index (Phi) is 8.75. The van der Waals surface area contributed by atoms with Gasteiger partial charge in [0.15, 0.2) is 0 Å². The summed E-state index contributed by atoms with van der Waals surface area (Å²) >= 11 is 0. The third-order valence-electron chi connectivity index (χ3n) is 9.41. The molecule has 36 heavy (non-hydrogen) atoms. The molecule has 9 nitrogen and oxygen atoms in total. The molecule has 1 amide bonds. The van der Waals surface area contributed by atoms with Crippen LogP contribution < -0.4 is 11.1 Å². The van der Waals surface area contributed by atoms with Crippen LogP contribution in [0.15, 0.2) is 12.2 Å². The van der Waals surface area contributed by atoms with Crippen LogP contribution in [0.3, 0.4) is 0 Å². The zero-order valence-electron chi connectivity index (χ0n) is 21.3. The van der Waals surface area contributed by atoms with Crippen molar-refractivity contribution in [3.05, 3.63) is 12.2 Å². The molecule has 0 aromatic carbocycles. The lowest BCUT2D eigenvalue weighted by molar-refractivity contribution is -0.156. The number of amides is 1. The maximum atomic E-state index is 13.1. The van der Waals surface area contributed by atoms with Gasteiger partial charge in [0, 0.05) is 48.8 Å². The Morgan fingerprint density at radius 1 is 1.03 bits per heavy atom. The summed E-state index contributed by atoms with van der Waals surface area (Å²) < 4.78 is 0. The Morgan fingerprint density at radius 3 is 2.31 bits per heavy atom. The van der Waals surface area contributed by atoms with Gasteiger partial charge >= 0.3 is 11.9 Å². The number of carbonyl (C=O) groups excluding carboxylic acids is 3. The number of carboxylic acid groups (broad SMARTS) is 2. The van der Waals surface area contributed by atoms with E-state index in [2.05, 4.69) is 19.2 Å². The van der Waals surface area contributed by atoms with E-state index in [9.17, 15) is 24.0 Å². The molecule has 200 valence electrons. The van der Waals surface area contributed by atoms with Crippen molar-refractivity contribution in [3.8, 4) is 0 Å². The van der Waals surface area contributed by atoms with Crippen LogP contribution in [-0.2, 0) is 24.0 Å². The van der Waals surface area contributed by atoms with E-state index in [4.69, 9.17) is 15.9 Å². The first-order valence-electron chi connectivity index (χ1n) is 13.1. The first-order valence-corrected chi connectivity index (χ1v) is 13.1. The zero-order valence-corrected chi connectivity index (χ0v) is 21.3. The second-order valence-electron chi connectivity index (χ2n) is 11.4. The third-order valence-corrected chi connectivity index (χ3v) is 9.41. The summed E-state index contributed by atoms with van der Waals surface area (Å²) in [5.74, 6) is -0.771. The smallest absolute Gasteiger partial charge is 0.328 e. The Morgan fingerprint density at radius 2 is 1.69 bits per heavy atom. The Balaban J connectivity index is 0.000000392. The van der Waals surface area contributed by atoms with Crippen LogP contribution in [0.4, 0.5) is 0 Å². The van der Waals surface area contributed by atoms with Crippen LogP contribution in [-0.4, -0.2) is 52.2 Å². The van der Waals surface area contributed by atoms with E-state index in [1.54, 1.807) is 0 Å². The van der Waals surface area contributed by atoms with Crippen molar-refractivity contribution in [1.29, 1.82) is 0 Å². The van der Waals surface area contributed by atoms with Gasteiger partial charge in [-0.05, 0) is 61.8 Å². The lowest BCUT2D eigenvalue weighted by atomic mass is 9.45. The third kappa shape index (κ3) is 5.56. The number of fused-ring (bicyclic) bond motifs is 5. The molecular weight excluding hydrogens is 464 g/mol. The topological polar surface area (TPSA) is 164 Å². The molecule has 0 saturated heterocycles. The van der Waals surface area contributed by atoms with Gasteiger partial charge in [0.25, 0.3) is 0 Å². The molecule has 0 aliphatic heterocycles. The fourth-order valence-electron chi connectivity index (χ4n) is 7.80. The van der Waals surface area contributed by atoms with Crippen LogP contribution in [0.25, 0.3) is 0 Å². The van der Waals surface area contributed by atoms with Crippen molar-refractivity contribution in [1.82, 2.24) is 5.32 Å². The predicted molar refractivity (Wildman–Crippen MR) is 132 cm³/mol. The highest BCUT2D eigenvalue weighted by atomic mass is 16.4. The van der Waals surface area contributed by atoms with Gasteiger partial charge < -0.3 is 21.3 Å². The number of rotatable bonds is 6. The average Bonchev–Trinajstić information content (AvgIpc) is 3.06. The van der Waals surface area contributed by atoms with Crippen molar-refractivity contribution >= 4 is 29.4 Å². The lowest BCUT2D eigenvalue weighted by Gasteiger charge is -2.59. The van der Waals surface area contributed by atoms with Crippen molar-refractivity contribution in [2.24, 2.45) is 40.2 Å². The van der Waals surface area contributed by atoms with E-state index >= 15 is 0 Å². The summed E-state index contributed by atoms with van der Waals surface area (Å²) in [5.41, 5.74) is 5.24. The molecule has 0 aromatic rings. The molecule has 0 aromatic heterocycles. The molecular formula is C27H40N2O7. The number of hydrogen-bond acceptors (Lipinski definition) is 6. The van der Waals surface area contributed by atoms with Gasteiger partial charge in [0.05, 0.1) is 0 Å². The van der Waals surface area contributed by atoms with Crippen LogP contribution in [0.5, 0.6) is 0 Å². The summed E-state index contributed by atoms with van der Waals surface area (Å²) in [6.07, 6.45) is 9.74. The van der Waals surface area contributed by atoms with Gasteiger partial charge in [-0.1, -0.05) is 26.7 Å². The quantitative estimate of drug-likeness (QED) is 0.401. The highest BCUT2D eigenvalue weighted by Gasteiger charge is 2.64. The summed E-state index contributed by atoms with van der Waals surface area (Å²) in [4.78, 5) is 57.7. The van der Waals surface area contributed by atoms with Gasteiger partial charge in [-0.2, -0.15) is 0 Å². The number of carbonyl (C=O) groups is 5. The fraction of sp³-hybridized carbons (Fsp3) is 0.741. The minimum Gasteiger partial charge on any atom is -0.478 e. The van der Waals surface area contributed by atoms with Crippen molar-refractivity contribution < 1.29 is 34.2 Å². The first-order chi connectivity index (χ1) is 16.9. The molecule has 0 bridgehead atoms. The monoisotopic (exact) mass is 504 g/mol. The molecule has 0 heterocycles. The van der Waals surface area contributed by atoms with Gasteiger partial charge in [-0.25, -0.2) is 9.59 Å².